The Balaban J connectivity index is 1.11. The highest BCUT2D eigenvalue weighted by Gasteiger charge is 2.62. The molecule has 0 saturated carbocycles. The molecule has 94 heavy (non-hydrogen) atoms. The Morgan fingerprint density at radius 1 is 0.436 bits per heavy atom. The van der Waals surface area contributed by atoms with E-state index in [2.05, 4.69) is 16.0 Å². The van der Waals surface area contributed by atoms with Crippen LogP contribution in [0.3, 0.4) is 0 Å². The van der Waals surface area contributed by atoms with Gasteiger partial charge in [0, 0.05) is 20.3 Å². The lowest BCUT2D eigenvalue weighted by Gasteiger charge is -2.51. The summed E-state index contributed by atoms with van der Waals surface area (Å²) in [5.74, 6) is -8.55. The van der Waals surface area contributed by atoms with Crippen molar-refractivity contribution in [2.45, 2.75) is 241 Å². The Bertz CT molecular complexity index is 2430. The third-order valence-electron chi connectivity index (χ3n) is 16.8. The van der Waals surface area contributed by atoms with E-state index in [1.165, 1.54) is 0 Å². The van der Waals surface area contributed by atoms with Crippen LogP contribution in [-0.4, -0.2) is 414 Å². The van der Waals surface area contributed by atoms with Crippen LogP contribution in [0.5, 0.6) is 0 Å². The average molecular weight is 1380 g/mol. The molecule has 3 amide bonds. The van der Waals surface area contributed by atoms with Crippen molar-refractivity contribution in [2.24, 2.45) is 0 Å². The smallest absolute Gasteiger partial charge is 0.364 e. The first-order chi connectivity index (χ1) is 44.4. The zero-order valence-corrected chi connectivity index (χ0v) is 49.8. The van der Waals surface area contributed by atoms with Gasteiger partial charge in [0.25, 0.3) is 5.79 Å². The molecule has 0 aliphatic carbocycles. The van der Waals surface area contributed by atoms with Crippen LogP contribution in [-0.2, 0) is 80.8 Å². The minimum Gasteiger partial charge on any atom is -0.477 e. The Labute approximate surface area is 530 Å². The number of carbonyl (C=O) groups is 4. The molecule has 544 valence electrons. The van der Waals surface area contributed by atoms with Crippen LogP contribution in [0.2, 0.25) is 0 Å². The van der Waals surface area contributed by atoms with Crippen LogP contribution in [0, 0.1) is 0 Å². The van der Waals surface area contributed by atoms with Crippen LogP contribution in [0.4, 0.5) is 0 Å². The fourth-order valence-corrected chi connectivity index (χ4v) is 11.9. The first kappa shape index (κ1) is 77.8. The minimum atomic E-state index is -3.30. The highest BCUT2D eigenvalue weighted by Crippen LogP contribution is 2.41. The Kier molecular flexibility index (Phi) is 27.8. The van der Waals surface area contributed by atoms with E-state index in [4.69, 9.17) is 61.6 Å². The van der Waals surface area contributed by atoms with Crippen LogP contribution in [0.25, 0.3) is 0 Å². The highest BCUT2D eigenvalue weighted by molar-refractivity contribution is 5.78. The van der Waals surface area contributed by atoms with Gasteiger partial charge in [0.05, 0.1) is 58.4 Å². The summed E-state index contributed by atoms with van der Waals surface area (Å²) in [7, 11) is 0. The van der Waals surface area contributed by atoms with E-state index in [1.807, 2.05) is 0 Å². The van der Waals surface area contributed by atoms with Crippen molar-refractivity contribution in [3.8, 4) is 0 Å². The summed E-state index contributed by atoms with van der Waals surface area (Å²) in [6.45, 7) is -7.15. The monoisotopic (exact) mass is 1380 g/mol. The maximum atomic E-state index is 13.1. The molecule has 7 fully saturated rings. The Hall–Kier alpha value is -3.52. The number of aliphatic hydroxyl groups is 22. The number of aliphatic hydroxyl groups excluding tert-OH is 22. The maximum absolute atomic E-state index is 13.1. The first-order valence-corrected chi connectivity index (χ1v) is 29.4. The molecule has 36 atom stereocenters. The number of carboxylic acids is 1. The quantitative estimate of drug-likeness (QED) is 0.0382. The van der Waals surface area contributed by atoms with Gasteiger partial charge in [0.2, 0.25) is 17.7 Å². The van der Waals surface area contributed by atoms with Crippen molar-refractivity contribution in [3.05, 3.63) is 0 Å². The van der Waals surface area contributed by atoms with Gasteiger partial charge in [-0.15, -0.1) is 0 Å². The van der Waals surface area contributed by atoms with Gasteiger partial charge in [-0.05, 0) is 0 Å². The minimum absolute atomic E-state index is 0.915. The summed E-state index contributed by atoms with van der Waals surface area (Å²) in [5, 5.41) is 255. The van der Waals surface area contributed by atoms with E-state index in [0.29, 0.717) is 0 Å². The normalized spacial score (nSPS) is 46.8. The van der Waals surface area contributed by atoms with Crippen molar-refractivity contribution in [2.75, 3.05) is 52.9 Å². The molecule has 7 aliphatic rings. The second-order valence-electron chi connectivity index (χ2n) is 23.2. The van der Waals surface area contributed by atoms with E-state index in [0.717, 1.165) is 13.8 Å². The zero-order valence-electron chi connectivity index (χ0n) is 49.8. The number of hydrogen-bond donors (Lipinski definition) is 26. The molecule has 43 heteroatoms. The van der Waals surface area contributed by atoms with E-state index >= 15 is 0 Å². The van der Waals surface area contributed by atoms with Crippen LogP contribution in [0.15, 0.2) is 0 Å². The largest absolute Gasteiger partial charge is 0.477 e. The third kappa shape index (κ3) is 16.7. The van der Waals surface area contributed by atoms with Crippen LogP contribution >= 0.6 is 0 Å². The molecule has 0 aromatic rings. The number of amides is 3. The molecule has 7 rings (SSSR count). The molecule has 0 bridgehead atoms. The SMILES string of the molecule is CC(=O)N[C@H]1[C@H](O[C@H]2[C@@H](O)[C@@H](CO)O[C@@H](O[C@H]3[C@@H](O)[C@@H](CO)O[C@@H](O[C@@H]4[C@H](O)[C@@H](O)[C@H](O[C@H]5[C@H](O)[C@@H](O)[C@H](O)O[C@@H]5CO)O[C@@H]4CO)[C@@H]3NC(C)=O)[C@@H]2O)O[C@H](CO)[C@@H](O[C@@H]2O[C@H](CO)[C@H](O)[C@H](O[C@]3(C(=O)O)C[C@H](O)[C@@H](NC(=O)CO)[C@H]([C@H](O)[C@H](O)CO)O3)[C@H]2O)[C@@H]1O. The van der Waals surface area contributed by atoms with Crippen LogP contribution < -0.4 is 16.0 Å². The van der Waals surface area contributed by atoms with Crippen molar-refractivity contribution in [3.63, 3.8) is 0 Å². The zero-order chi connectivity index (χ0) is 69.7. The summed E-state index contributed by atoms with van der Waals surface area (Å²) in [5.41, 5.74) is 0. The predicted molar refractivity (Wildman–Crippen MR) is 285 cm³/mol. The van der Waals surface area contributed by atoms with Crippen LogP contribution in [0.1, 0.15) is 20.3 Å². The number of carboxylic acid groups (broad SMARTS) is 1. The van der Waals surface area contributed by atoms with E-state index in [-0.39, 0.29) is 0 Å². The molecule has 7 aliphatic heterocycles. The predicted octanol–water partition coefficient (Wildman–Crippen LogP) is -17.7. The molecular weight excluding hydrogens is 1290 g/mol. The summed E-state index contributed by atoms with van der Waals surface area (Å²) in [6.07, 6.45) is -68.1. The molecule has 0 spiro atoms. The number of rotatable bonds is 26. The van der Waals surface area contributed by atoms with Gasteiger partial charge in [-0.3, -0.25) is 14.4 Å². The van der Waals surface area contributed by atoms with Gasteiger partial charge in [0.15, 0.2) is 37.7 Å². The van der Waals surface area contributed by atoms with Crippen molar-refractivity contribution < 1.29 is 198 Å². The van der Waals surface area contributed by atoms with Crippen molar-refractivity contribution in [1.29, 1.82) is 0 Å². The van der Waals surface area contributed by atoms with Gasteiger partial charge in [0.1, 0.15) is 171 Å². The van der Waals surface area contributed by atoms with Gasteiger partial charge in [-0.1, -0.05) is 0 Å². The average Bonchev–Trinajstić information content (AvgIpc) is 0.778. The van der Waals surface area contributed by atoms with E-state index in [1.54, 1.807) is 0 Å². The van der Waals surface area contributed by atoms with Gasteiger partial charge < -0.3 is 195 Å². The fraction of sp³-hybridized carbons (Fsp3) is 0.922. The molecular formula is C51H85N3O40. The lowest BCUT2D eigenvalue weighted by atomic mass is 9.88. The number of hydrogen-bond acceptors (Lipinski definition) is 39. The molecule has 43 nitrogen and oxygen atoms in total. The maximum Gasteiger partial charge on any atom is 0.364 e. The van der Waals surface area contributed by atoms with E-state index < -0.39 is 303 Å². The molecule has 0 aromatic heterocycles. The molecule has 7 heterocycles. The van der Waals surface area contributed by atoms with Crippen molar-refractivity contribution in [1.82, 2.24) is 16.0 Å². The second-order valence-corrected chi connectivity index (χ2v) is 23.2. The number of aliphatic carboxylic acids is 1. The van der Waals surface area contributed by atoms with Crippen molar-refractivity contribution >= 4 is 23.7 Å². The molecule has 26 N–H and O–H groups in total. The lowest BCUT2D eigenvalue weighted by Crippen LogP contribution is -2.71. The summed E-state index contributed by atoms with van der Waals surface area (Å²) in [4.78, 5) is 51.1. The lowest BCUT2D eigenvalue weighted by molar-refractivity contribution is -0.391. The summed E-state index contributed by atoms with van der Waals surface area (Å²) >= 11 is 0. The standard InChI is InChI=1S/C51H85N3O40/c1-12(63)52-24-30(72)37(89-49-36(78)43(29(71)18(7-58)85-49)94-51(50(80)81)3-14(65)23(54-22(67)11-62)41(93-51)26(68)15(66)4-55)20(9-60)86-45(24)92-42-28(70)17(6-57)84-48(35(42)77)91-40-25(53-13(2)64)46(83-16(5-56)27(40)69)88-39-21(10-61)87-47(34(76)32(39)74)90-38-19(8-59)82-44(79)33(75)31(38)73/h14-21,23-49,55-62,65-66,68-79H,3-11H2,1-2H3,(H,52,63)(H,53,64)(H,54,67)(H,80,81)/t14-,15+,16+,17+,18+,19+,20+,21+,23+,24+,25+,26+,27-,28-,29-,30+,31+,32+,33+,34+,35+,36+,37+,38+,39-,40+,41+,42-,43-,44+,45-,46-,47-,48-,49-,51-/m0/s1. The number of carbonyl (C=O) groups excluding carboxylic acids is 3. The molecule has 7 saturated heterocycles. The highest BCUT2D eigenvalue weighted by atomic mass is 16.8. The Morgan fingerprint density at radius 2 is 0.830 bits per heavy atom. The second kappa shape index (κ2) is 33.6. The summed E-state index contributed by atoms with van der Waals surface area (Å²) in [6, 6.07) is -5.69. The van der Waals surface area contributed by atoms with Gasteiger partial charge in [-0.2, -0.15) is 0 Å². The Morgan fingerprint density at radius 3 is 1.33 bits per heavy atom. The van der Waals surface area contributed by atoms with Gasteiger partial charge in [-0.25, -0.2) is 4.79 Å². The number of ether oxygens (including phenoxy) is 13. The topological polar surface area (TPSA) is 690 Å². The first-order valence-electron chi connectivity index (χ1n) is 29.4. The van der Waals surface area contributed by atoms with E-state index in [9.17, 15) is 137 Å². The number of nitrogens with one attached hydrogen (secondary N) is 3. The fourth-order valence-electron chi connectivity index (χ4n) is 11.9. The summed E-state index contributed by atoms with van der Waals surface area (Å²) < 4.78 is 74.5. The molecule has 0 radical (unpaired) electrons. The third-order valence-corrected chi connectivity index (χ3v) is 16.8. The molecule has 0 unspecified atom stereocenters. The molecule has 0 aromatic carbocycles. The van der Waals surface area contributed by atoms with Gasteiger partial charge >= 0.3 is 5.97 Å².